The number of rotatable bonds is 11. The predicted molar refractivity (Wildman–Crippen MR) is 232 cm³/mol. The highest BCUT2D eigenvalue weighted by Gasteiger charge is 2.08. The fourth-order valence-electron chi connectivity index (χ4n) is 3.99. The van der Waals surface area contributed by atoms with Crippen LogP contribution < -0.4 is 16.8 Å². The number of halogens is 6. The number of aliphatic imine (C=N–C) groups is 1. The second-order valence-corrected chi connectivity index (χ2v) is 13.4. The molecule has 4 rings (SSSR count). The number of Topliss-reactive ketones (excluding diaryl/α,β-unsaturated/α-hetero) is 2. The molecule has 288 valence electrons. The van der Waals surface area contributed by atoms with Gasteiger partial charge >= 0.3 is 0 Å². The molecule has 0 aromatic heterocycles. The van der Waals surface area contributed by atoms with Gasteiger partial charge in [-0.15, -0.1) is 17.0 Å². The first-order valence-electron chi connectivity index (χ1n) is 16.0. The number of nitrogens with two attached hydrogens (primary N) is 2. The van der Waals surface area contributed by atoms with Crippen LogP contribution >= 0.6 is 80.1 Å². The van der Waals surface area contributed by atoms with Gasteiger partial charge in [0.1, 0.15) is 23.2 Å². The smallest absolute Gasteiger partial charge is 0.168 e. The average Bonchev–Trinajstić information content (AvgIpc) is 3.12. The third kappa shape index (κ3) is 20.9. The lowest BCUT2D eigenvalue weighted by molar-refractivity contribution is -0.118. The van der Waals surface area contributed by atoms with Crippen molar-refractivity contribution in [1.29, 1.82) is 0 Å². The number of ketones is 2. The Hall–Kier alpha value is -2.91. The van der Waals surface area contributed by atoms with Crippen molar-refractivity contribution in [2.45, 2.75) is 57.5 Å². The molecule has 6 N–H and O–H groups in total. The van der Waals surface area contributed by atoms with Crippen LogP contribution in [0.2, 0.25) is 10.0 Å². The fraction of sp³-hybridized carbons (Fsp3) is 0.263. The normalized spacial score (nSPS) is 10.2. The van der Waals surface area contributed by atoms with Gasteiger partial charge in [0.2, 0.25) is 0 Å². The molecule has 0 amide bonds. The zero-order valence-corrected chi connectivity index (χ0v) is 36.0. The summed E-state index contributed by atoms with van der Waals surface area (Å²) in [6.45, 7) is 5.69. The largest absolute Gasteiger partial charge is 0.397 e. The molecule has 0 spiro atoms. The number of anilines is 1. The molecule has 4 aromatic rings. The minimum atomic E-state index is -0.489. The van der Waals surface area contributed by atoms with Crippen LogP contribution in [0.15, 0.2) is 89.9 Å². The summed E-state index contributed by atoms with van der Waals surface area (Å²) in [5.41, 5.74) is 16.6. The number of thiocarbonyl (C=S) groups is 1. The summed E-state index contributed by atoms with van der Waals surface area (Å²) in [4.78, 5) is 27.1. The van der Waals surface area contributed by atoms with Gasteiger partial charge in [-0.05, 0) is 77.8 Å². The van der Waals surface area contributed by atoms with E-state index in [0.29, 0.717) is 53.8 Å². The molecule has 7 nitrogen and oxygen atoms in total. The van der Waals surface area contributed by atoms with E-state index in [1.165, 1.54) is 53.7 Å². The van der Waals surface area contributed by atoms with Crippen molar-refractivity contribution in [3.8, 4) is 0 Å². The molecule has 0 saturated heterocycles. The Labute approximate surface area is 349 Å². The van der Waals surface area contributed by atoms with Gasteiger partial charge in [-0.3, -0.25) is 9.59 Å². The van der Waals surface area contributed by atoms with E-state index in [-0.39, 0.29) is 44.5 Å². The summed E-state index contributed by atoms with van der Waals surface area (Å²) in [5, 5.41) is 11.5. The zero-order valence-electron chi connectivity index (χ0n) is 29.5. The lowest BCUT2D eigenvalue weighted by Crippen LogP contribution is -2.18. The van der Waals surface area contributed by atoms with Gasteiger partial charge in [0.05, 0.1) is 15.7 Å². The molecule has 0 radical (unpaired) electrons. The molecule has 0 aliphatic carbocycles. The molecule has 0 heterocycles. The maximum absolute atomic E-state index is 13.1. The molecular weight excluding hydrogens is 893 g/mol. The van der Waals surface area contributed by atoms with Gasteiger partial charge in [0.15, 0.2) is 10.3 Å². The zero-order chi connectivity index (χ0) is 39.1. The van der Waals surface area contributed by atoms with E-state index in [1.807, 2.05) is 62.4 Å². The number of amidine groups is 1. The summed E-state index contributed by atoms with van der Waals surface area (Å²) in [6.07, 6.45) is 2.14. The van der Waals surface area contributed by atoms with Crippen molar-refractivity contribution in [3.05, 3.63) is 129 Å². The van der Waals surface area contributed by atoms with E-state index >= 15 is 0 Å². The van der Waals surface area contributed by atoms with Gasteiger partial charge in [-0.2, -0.15) is 0 Å². The number of carbonyl (C=O) groups is 2. The van der Waals surface area contributed by atoms with Crippen molar-refractivity contribution in [1.82, 2.24) is 0 Å². The highest BCUT2D eigenvalue weighted by atomic mass is 79.9. The maximum atomic E-state index is 13.1. The Morgan fingerprint density at radius 2 is 1.26 bits per heavy atom. The predicted octanol–water partition coefficient (Wildman–Crippen LogP) is 10.7. The average molecular weight is 938 g/mol. The number of carbonyl (C=O) groups excluding carboxylic acids is 2. The molecule has 0 atom stereocenters. The monoisotopic (exact) mass is 934 g/mol. The number of hydrogen-bond donors (Lipinski definition) is 4. The first-order chi connectivity index (χ1) is 24.8. The minimum Gasteiger partial charge on any atom is -0.397 e. The summed E-state index contributed by atoms with van der Waals surface area (Å²) in [5.74, 6) is 0.155. The summed E-state index contributed by atoms with van der Waals surface area (Å²) < 4.78 is 25.8. The van der Waals surface area contributed by atoms with E-state index in [1.54, 1.807) is 6.92 Å². The van der Waals surface area contributed by atoms with Crippen LogP contribution in [0.3, 0.4) is 0 Å². The quantitative estimate of drug-likeness (QED) is 0.0506. The highest BCUT2D eigenvalue weighted by Crippen LogP contribution is 2.24. The van der Waals surface area contributed by atoms with Gasteiger partial charge in [-0.25, -0.2) is 13.8 Å². The third-order valence-electron chi connectivity index (χ3n) is 6.65. The van der Waals surface area contributed by atoms with Crippen molar-refractivity contribution in [2.24, 2.45) is 16.5 Å². The number of hydrogen-bond acceptors (Lipinski definition) is 6. The van der Waals surface area contributed by atoms with Crippen LogP contribution in [0.5, 0.6) is 0 Å². The number of nitrogens with zero attached hydrogens (tertiary/aromatic N) is 1. The number of nitrogens with one attached hydrogen (secondary N) is 1. The van der Waals surface area contributed by atoms with Crippen LogP contribution in [0.25, 0.3) is 0 Å². The van der Waals surface area contributed by atoms with Crippen molar-refractivity contribution in [2.75, 3.05) is 11.9 Å². The summed E-state index contributed by atoms with van der Waals surface area (Å²) in [6, 6.07) is 24.2. The second kappa shape index (κ2) is 28.5. The molecule has 0 aliphatic rings. The number of aliphatic hydroxyl groups is 1. The topological polar surface area (TPSA) is 131 Å². The van der Waals surface area contributed by atoms with E-state index in [9.17, 15) is 18.4 Å². The third-order valence-corrected chi connectivity index (χ3v) is 8.78. The lowest BCUT2D eigenvalue weighted by atomic mass is 10.0. The van der Waals surface area contributed by atoms with Crippen LogP contribution in [-0.4, -0.2) is 33.6 Å². The number of benzene rings is 4. The Balaban J connectivity index is 0.000000790. The van der Waals surface area contributed by atoms with Crippen LogP contribution in [0.1, 0.15) is 55.9 Å². The minimum absolute atomic E-state index is 0. The first-order valence-corrected chi connectivity index (χ1v) is 19.3. The molecule has 4 aromatic carbocycles. The summed E-state index contributed by atoms with van der Waals surface area (Å²) in [7, 11) is 0. The number of thioether (sulfide) groups is 1. The van der Waals surface area contributed by atoms with Crippen LogP contribution in [0, 0.1) is 11.6 Å². The molecule has 0 unspecified atom stereocenters. The fourth-order valence-corrected chi connectivity index (χ4v) is 5.76. The van der Waals surface area contributed by atoms with Gasteiger partial charge in [0.25, 0.3) is 0 Å². The van der Waals surface area contributed by atoms with Gasteiger partial charge in [0, 0.05) is 49.1 Å². The Morgan fingerprint density at radius 3 is 1.72 bits per heavy atom. The molecule has 0 saturated carbocycles. The maximum Gasteiger partial charge on any atom is 0.168 e. The van der Waals surface area contributed by atoms with E-state index < -0.39 is 11.6 Å². The van der Waals surface area contributed by atoms with Crippen LogP contribution in [-0.2, 0) is 33.5 Å². The molecule has 0 bridgehead atoms. The molecule has 53 heavy (non-hydrogen) atoms. The Morgan fingerprint density at radius 1 is 0.811 bits per heavy atom. The Kier molecular flexibility index (Phi) is 27.0. The molecule has 15 heteroatoms. The first kappa shape index (κ1) is 50.1. The van der Waals surface area contributed by atoms with Crippen molar-refractivity contribution in [3.63, 3.8) is 0 Å². The SMILES string of the molecule is Br.CCC(=O)Cc1ccccc1CBr.CCC(=O)Cc1ccccc1CSC(N)=Nc1ccc(F)c(Cl)c1.CCO.NC(=S)Nc1ccc(F)c(Cl)c1. The van der Waals surface area contributed by atoms with Crippen molar-refractivity contribution >= 4 is 113 Å². The van der Waals surface area contributed by atoms with Gasteiger partial charge < -0.3 is 21.9 Å². The van der Waals surface area contributed by atoms with E-state index in [2.05, 4.69) is 38.5 Å². The molecule has 0 aliphatic heterocycles. The van der Waals surface area contributed by atoms with E-state index in [4.69, 9.17) is 39.8 Å². The molecule has 0 fully saturated rings. The highest BCUT2D eigenvalue weighted by molar-refractivity contribution is 9.08. The number of aliphatic hydroxyl groups excluding tert-OH is 1. The molecular formula is C38H44Br2Cl2F2N4O3S2. The Bertz CT molecular complexity index is 1790. The van der Waals surface area contributed by atoms with E-state index in [0.717, 1.165) is 22.0 Å². The second-order valence-electron chi connectivity index (χ2n) is 10.6. The number of alkyl halides is 1. The van der Waals surface area contributed by atoms with Crippen molar-refractivity contribution < 1.29 is 23.5 Å². The lowest BCUT2D eigenvalue weighted by Gasteiger charge is -2.08. The summed E-state index contributed by atoms with van der Waals surface area (Å²) >= 11 is 20.6. The standard InChI is InChI=1S/C18H18ClFN2OS.C11H13BrO.C7H6ClFN2S.C2H6O.BrH/c1-2-15(23)9-12-5-3-4-6-13(12)11-24-18(21)22-14-7-8-17(20)16(19)10-14;1-2-11(13)7-9-5-3-4-6-10(9)8-12;8-5-3-4(11-7(10)12)1-2-6(5)9;1-2-3;/h3-8,10H,2,9,11H2,1H3,(H2,21,22);3-6H,2,7-8H2,1H3;1-3H,(H3,10,11,12);3H,2H2,1H3;1H. The van der Waals surface area contributed by atoms with Gasteiger partial charge in [-0.1, -0.05) is 113 Å². The van der Waals surface area contributed by atoms with Crippen LogP contribution in [0.4, 0.5) is 20.2 Å².